The summed E-state index contributed by atoms with van der Waals surface area (Å²) in [6, 6.07) is 5.82. The number of rotatable bonds is 6. The van der Waals surface area contributed by atoms with E-state index < -0.39 is 5.97 Å². The van der Waals surface area contributed by atoms with Gasteiger partial charge in [0, 0.05) is 18.2 Å². The Morgan fingerprint density at radius 1 is 1.14 bits per heavy atom. The predicted octanol–water partition coefficient (Wildman–Crippen LogP) is 4.58. The van der Waals surface area contributed by atoms with Crippen molar-refractivity contribution < 1.29 is 19.0 Å². The Morgan fingerprint density at radius 2 is 1.89 bits per heavy atom. The minimum Gasteiger partial charge on any atom is -0.500 e. The molecule has 0 amide bonds. The topological polar surface area (TPSA) is 62.6 Å². The number of benzene rings is 1. The number of aryl methyl sites for hydroxylation is 2. The van der Waals surface area contributed by atoms with E-state index in [9.17, 15) is 4.79 Å². The molecule has 3 rings (SSSR count). The minimum atomic E-state index is -0.596. The number of aromatic nitrogens is 2. The first kappa shape index (κ1) is 20.0. The summed E-state index contributed by atoms with van der Waals surface area (Å²) in [5.74, 6) is 0.497. The fourth-order valence-electron chi connectivity index (χ4n) is 3.67. The van der Waals surface area contributed by atoms with Crippen molar-refractivity contribution in [3.05, 3.63) is 53.2 Å². The van der Waals surface area contributed by atoms with Crippen LogP contribution in [0, 0.1) is 13.8 Å². The Hall–Kier alpha value is -2.76. The molecule has 150 valence electrons. The zero-order valence-corrected chi connectivity index (χ0v) is 17.0. The predicted molar refractivity (Wildman–Crippen MR) is 107 cm³/mol. The molecule has 6 heteroatoms. The summed E-state index contributed by atoms with van der Waals surface area (Å²) in [6.45, 7) is 4.04. The van der Waals surface area contributed by atoms with Gasteiger partial charge in [-0.3, -0.25) is 0 Å². The zero-order chi connectivity index (χ0) is 20.1. The van der Waals surface area contributed by atoms with E-state index in [1.165, 1.54) is 63.8 Å². The molecule has 6 nitrogen and oxygen atoms in total. The molecule has 1 aromatic heterocycles. The van der Waals surface area contributed by atoms with E-state index in [2.05, 4.69) is 13.1 Å². The van der Waals surface area contributed by atoms with Gasteiger partial charge in [-0.25, -0.2) is 9.48 Å². The van der Waals surface area contributed by atoms with E-state index in [0.29, 0.717) is 11.7 Å². The lowest BCUT2D eigenvalue weighted by molar-refractivity contribution is -0.138. The second kappa shape index (κ2) is 8.95. The van der Waals surface area contributed by atoms with E-state index >= 15 is 0 Å². The maximum absolute atomic E-state index is 11.9. The number of hydrogen-bond donors (Lipinski definition) is 0. The van der Waals surface area contributed by atoms with Gasteiger partial charge >= 0.3 is 5.97 Å². The lowest BCUT2D eigenvalue weighted by atomic mass is 9.86. The fourth-order valence-corrected chi connectivity index (χ4v) is 3.67. The van der Waals surface area contributed by atoms with Gasteiger partial charge in [0.15, 0.2) is 0 Å². The Balaban J connectivity index is 1.89. The molecule has 28 heavy (non-hydrogen) atoms. The highest BCUT2D eigenvalue weighted by molar-refractivity contribution is 5.86. The van der Waals surface area contributed by atoms with Gasteiger partial charge in [0.2, 0.25) is 5.76 Å². The summed E-state index contributed by atoms with van der Waals surface area (Å²) in [7, 11) is 2.76. The molecule has 1 aliphatic rings. The highest BCUT2D eigenvalue weighted by atomic mass is 16.6. The summed E-state index contributed by atoms with van der Waals surface area (Å²) in [4.78, 5) is 11.9. The summed E-state index contributed by atoms with van der Waals surface area (Å²) < 4.78 is 17.3. The maximum atomic E-state index is 11.9. The van der Waals surface area contributed by atoms with Crippen LogP contribution >= 0.6 is 0 Å². The number of ether oxygens (including phenoxy) is 3. The lowest BCUT2D eigenvalue weighted by Gasteiger charge is -2.20. The Morgan fingerprint density at radius 3 is 2.57 bits per heavy atom. The molecule has 0 unspecified atom stereocenters. The molecule has 1 heterocycles. The van der Waals surface area contributed by atoms with E-state index in [1.807, 2.05) is 29.8 Å². The van der Waals surface area contributed by atoms with Crippen LogP contribution in [0.4, 0.5) is 0 Å². The van der Waals surface area contributed by atoms with Gasteiger partial charge in [-0.1, -0.05) is 25.3 Å². The first-order valence-corrected chi connectivity index (χ1v) is 9.69. The Kier molecular flexibility index (Phi) is 6.39. The van der Waals surface area contributed by atoms with Crippen LogP contribution < -0.4 is 4.74 Å². The molecule has 1 fully saturated rings. The van der Waals surface area contributed by atoms with Crippen LogP contribution in [0.3, 0.4) is 0 Å². The minimum absolute atomic E-state index is 0.00945. The van der Waals surface area contributed by atoms with Crippen LogP contribution in [0.25, 0.3) is 5.69 Å². The molecule has 1 aromatic carbocycles. The number of carbonyl (C=O) groups is 1. The highest BCUT2D eigenvalue weighted by Gasteiger charge is 2.21. The number of esters is 1. The monoisotopic (exact) mass is 384 g/mol. The quantitative estimate of drug-likeness (QED) is 0.414. The molecule has 0 spiro atoms. The molecule has 0 bridgehead atoms. The van der Waals surface area contributed by atoms with Crippen molar-refractivity contribution in [3.63, 3.8) is 0 Å². The molecule has 1 aliphatic carbocycles. The van der Waals surface area contributed by atoms with Crippen molar-refractivity contribution in [2.24, 2.45) is 0 Å². The van der Waals surface area contributed by atoms with Gasteiger partial charge in [-0.15, -0.1) is 0 Å². The summed E-state index contributed by atoms with van der Waals surface area (Å²) in [5, 5.41) is 4.87. The smallest absolute Gasteiger partial charge is 0.377 e. The van der Waals surface area contributed by atoms with Gasteiger partial charge in [-0.2, -0.15) is 5.10 Å². The maximum Gasteiger partial charge on any atom is 0.377 e. The van der Waals surface area contributed by atoms with Crippen LogP contribution in [0.1, 0.15) is 54.8 Å². The first-order valence-electron chi connectivity index (χ1n) is 9.69. The van der Waals surface area contributed by atoms with Crippen molar-refractivity contribution in [2.45, 2.75) is 51.9 Å². The molecule has 0 N–H and O–H groups in total. The molecule has 1 saturated carbocycles. The number of carbonyl (C=O) groups excluding carboxylic acids is 1. The number of hydrogen-bond acceptors (Lipinski definition) is 5. The third-order valence-corrected chi connectivity index (χ3v) is 5.19. The lowest BCUT2D eigenvalue weighted by Crippen LogP contribution is -2.12. The third-order valence-electron chi connectivity index (χ3n) is 5.19. The van der Waals surface area contributed by atoms with Crippen molar-refractivity contribution in [1.29, 1.82) is 0 Å². The van der Waals surface area contributed by atoms with Crippen molar-refractivity contribution >= 4 is 5.97 Å². The third kappa shape index (κ3) is 4.38. The van der Waals surface area contributed by atoms with Crippen LogP contribution in [-0.2, 0) is 14.3 Å². The summed E-state index contributed by atoms with van der Waals surface area (Å²) in [5.41, 5.74) is 4.18. The van der Waals surface area contributed by atoms with Crippen molar-refractivity contribution in [1.82, 2.24) is 9.78 Å². The van der Waals surface area contributed by atoms with Gasteiger partial charge in [0.05, 0.1) is 25.6 Å². The number of methoxy groups -OCH3 is 2. The summed E-state index contributed by atoms with van der Waals surface area (Å²) in [6.07, 6.45) is 9.60. The van der Waals surface area contributed by atoms with Gasteiger partial charge in [0.1, 0.15) is 12.0 Å². The molecule has 0 radical (unpaired) electrons. The van der Waals surface area contributed by atoms with E-state index in [0.717, 1.165) is 11.3 Å². The zero-order valence-electron chi connectivity index (χ0n) is 17.0. The Labute approximate surface area is 166 Å². The van der Waals surface area contributed by atoms with Crippen molar-refractivity contribution in [2.75, 3.05) is 14.2 Å². The van der Waals surface area contributed by atoms with E-state index in [4.69, 9.17) is 19.3 Å². The molecule has 0 atom stereocenters. The molecule has 2 aromatic rings. The van der Waals surface area contributed by atoms with Crippen LogP contribution in [0.15, 0.2) is 36.4 Å². The van der Waals surface area contributed by atoms with E-state index in [1.54, 1.807) is 0 Å². The van der Waals surface area contributed by atoms with Crippen LogP contribution in [0.2, 0.25) is 0 Å². The van der Waals surface area contributed by atoms with Crippen molar-refractivity contribution in [3.8, 4) is 11.4 Å². The highest BCUT2D eigenvalue weighted by Crippen LogP contribution is 2.34. The number of nitrogens with zero attached hydrogens (tertiary/aromatic N) is 2. The second-order valence-corrected chi connectivity index (χ2v) is 7.24. The van der Waals surface area contributed by atoms with Crippen LogP contribution in [-0.4, -0.2) is 30.0 Å². The summed E-state index contributed by atoms with van der Waals surface area (Å²) >= 11 is 0. The molecular weight excluding hydrogens is 356 g/mol. The molecular formula is C22H28N2O4. The van der Waals surface area contributed by atoms with Gasteiger partial charge < -0.3 is 14.2 Å². The molecule has 0 saturated heterocycles. The van der Waals surface area contributed by atoms with Gasteiger partial charge in [-0.05, 0) is 43.9 Å². The first-order chi connectivity index (χ1) is 13.5. The average molecular weight is 384 g/mol. The standard InChI is InChI=1S/C22H28N2O4/c1-15-10-11-18(12-19(15)28-20(14-26-3)22(25)27-4)24-13-16(2)21(23-24)17-8-6-5-7-9-17/h10-14,17H,5-9H2,1-4H3/b20-14-. The second-order valence-electron chi connectivity index (χ2n) is 7.24. The van der Waals surface area contributed by atoms with Crippen LogP contribution in [0.5, 0.6) is 5.75 Å². The molecule has 0 aliphatic heterocycles. The average Bonchev–Trinajstić information content (AvgIpc) is 3.10. The van der Waals surface area contributed by atoms with E-state index in [-0.39, 0.29) is 5.76 Å². The van der Waals surface area contributed by atoms with Gasteiger partial charge in [0.25, 0.3) is 0 Å². The normalized spacial score (nSPS) is 15.4. The fraction of sp³-hybridized carbons (Fsp3) is 0.455. The SMILES string of the molecule is CO/C=C(\Oc1cc(-n2cc(C)c(C3CCCCC3)n2)ccc1C)C(=O)OC. The Bertz CT molecular complexity index is 863. The largest absolute Gasteiger partial charge is 0.500 e.